The number of hydrogen-bond acceptors (Lipinski definition) is 3. The van der Waals surface area contributed by atoms with Gasteiger partial charge < -0.3 is 19.7 Å². The Labute approximate surface area is 166 Å². The van der Waals surface area contributed by atoms with E-state index < -0.39 is 0 Å². The summed E-state index contributed by atoms with van der Waals surface area (Å²) in [6, 6.07) is 8.41. The summed E-state index contributed by atoms with van der Waals surface area (Å²) in [4.78, 5) is 6.90. The maximum absolute atomic E-state index is 5.82. The maximum atomic E-state index is 5.82. The minimum absolute atomic E-state index is 0.668. The topological polar surface area (TPSA) is 46.1 Å². The van der Waals surface area contributed by atoms with Gasteiger partial charge in [-0.15, -0.1) is 0 Å². The van der Waals surface area contributed by atoms with E-state index in [1.54, 1.807) is 0 Å². The molecule has 1 fully saturated rings. The first-order valence-corrected chi connectivity index (χ1v) is 10.4. The Bertz CT molecular complexity index is 530. The number of nitrogens with zero attached hydrogens (tertiary/aromatic N) is 2. The summed E-state index contributed by atoms with van der Waals surface area (Å²) in [6.45, 7) is 7.97. The van der Waals surface area contributed by atoms with Crippen LogP contribution < -0.4 is 5.32 Å². The summed E-state index contributed by atoms with van der Waals surface area (Å²) in [5.41, 5.74) is 1.26. The summed E-state index contributed by atoms with van der Waals surface area (Å²) in [7, 11) is 2.07. The molecule has 0 saturated carbocycles. The van der Waals surface area contributed by atoms with E-state index in [1.165, 1.54) is 5.56 Å². The summed E-state index contributed by atoms with van der Waals surface area (Å²) >= 11 is 3.48. The molecular formula is C20H32BrN3O2. The lowest BCUT2D eigenvalue weighted by Gasteiger charge is -2.22. The van der Waals surface area contributed by atoms with E-state index in [-0.39, 0.29) is 0 Å². The lowest BCUT2D eigenvalue weighted by Crippen LogP contribution is -2.38. The van der Waals surface area contributed by atoms with Crippen LogP contribution >= 0.6 is 15.9 Å². The van der Waals surface area contributed by atoms with Crippen molar-refractivity contribution in [1.82, 2.24) is 10.2 Å². The zero-order valence-electron chi connectivity index (χ0n) is 16.0. The van der Waals surface area contributed by atoms with Crippen molar-refractivity contribution in [2.24, 2.45) is 10.9 Å². The minimum atomic E-state index is 0.668. The second-order valence-corrected chi connectivity index (χ2v) is 7.62. The third-order valence-corrected chi connectivity index (χ3v) is 4.96. The van der Waals surface area contributed by atoms with E-state index in [1.807, 2.05) is 0 Å². The van der Waals surface area contributed by atoms with Crippen molar-refractivity contribution in [3.05, 3.63) is 34.3 Å². The van der Waals surface area contributed by atoms with Gasteiger partial charge in [-0.1, -0.05) is 28.1 Å². The van der Waals surface area contributed by atoms with Crippen molar-refractivity contribution in [3.63, 3.8) is 0 Å². The predicted molar refractivity (Wildman–Crippen MR) is 111 cm³/mol. The van der Waals surface area contributed by atoms with Crippen LogP contribution in [0.3, 0.4) is 0 Å². The number of nitrogens with one attached hydrogen (secondary N) is 1. The number of benzene rings is 1. The van der Waals surface area contributed by atoms with Gasteiger partial charge in [0, 0.05) is 57.6 Å². The number of guanidine groups is 1. The van der Waals surface area contributed by atoms with Crippen molar-refractivity contribution in [1.29, 1.82) is 0 Å². The summed E-state index contributed by atoms with van der Waals surface area (Å²) < 4.78 is 12.3. The van der Waals surface area contributed by atoms with Gasteiger partial charge in [0.25, 0.3) is 0 Å². The molecule has 1 aliphatic heterocycles. The third-order valence-electron chi connectivity index (χ3n) is 4.43. The molecule has 26 heavy (non-hydrogen) atoms. The van der Waals surface area contributed by atoms with Crippen molar-refractivity contribution in [2.45, 2.75) is 32.7 Å². The quantitative estimate of drug-likeness (QED) is 0.372. The van der Waals surface area contributed by atoms with Crippen LogP contribution in [0.2, 0.25) is 0 Å². The highest BCUT2D eigenvalue weighted by atomic mass is 79.9. The molecule has 1 aromatic carbocycles. The number of ether oxygens (including phenoxy) is 2. The van der Waals surface area contributed by atoms with Gasteiger partial charge in [-0.2, -0.15) is 0 Å². The van der Waals surface area contributed by atoms with E-state index in [9.17, 15) is 0 Å². The zero-order valence-corrected chi connectivity index (χ0v) is 17.6. The molecule has 0 amide bonds. The van der Waals surface area contributed by atoms with Crippen LogP contribution in [-0.2, 0) is 16.0 Å². The van der Waals surface area contributed by atoms with Crippen molar-refractivity contribution in [2.75, 3.05) is 46.6 Å². The molecule has 0 aliphatic carbocycles. The summed E-state index contributed by atoms with van der Waals surface area (Å²) in [6.07, 6.45) is 3.21. The van der Waals surface area contributed by atoms with Crippen LogP contribution in [0, 0.1) is 5.92 Å². The molecule has 0 bridgehead atoms. The second-order valence-electron chi connectivity index (χ2n) is 6.70. The van der Waals surface area contributed by atoms with Crippen LogP contribution in [-0.4, -0.2) is 57.4 Å². The molecular weight excluding hydrogens is 394 g/mol. The van der Waals surface area contributed by atoms with Gasteiger partial charge in [0.1, 0.15) is 0 Å². The molecule has 2 rings (SSSR count). The van der Waals surface area contributed by atoms with Gasteiger partial charge in [-0.25, -0.2) is 0 Å². The van der Waals surface area contributed by atoms with E-state index in [0.29, 0.717) is 5.92 Å². The first-order valence-electron chi connectivity index (χ1n) is 9.58. The lowest BCUT2D eigenvalue weighted by atomic mass is 10.0. The molecule has 1 N–H and O–H groups in total. The van der Waals surface area contributed by atoms with Crippen LogP contribution in [0.4, 0.5) is 0 Å². The Kier molecular flexibility index (Phi) is 10.0. The minimum Gasteiger partial charge on any atom is -0.381 e. The monoisotopic (exact) mass is 425 g/mol. The molecule has 0 spiro atoms. The maximum Gasteiger partial charge on any atom is 0.193 e. The fraction of sp³-hybridized carbons (Fsp3) is 0.650. The van der Waals surface area contributed by atoms with Gasteiger partial charge in [0.15, 0.2) is 5.96 Å². The molecule has 0 atom stereocenters. The first-order chi connectivity index (χ1) is 12.7. The average Bonchev–Trinajstić information content (AvgIpc) is 2.66. The number of rotatable bonds is 9. The lowest BCUT2D eigenvalue weighted by molar-refractivity contribution is 0.0205. The smallest absolute Gasteiger partial charge is 0.193 e. The first kappa shape index (κ1) is 21.2. The van der Waals surface area contributed by atoms with Gasteiger partial charge in [0.2, 0.25) is 0 Å². The van der Waals surface area contributed by atoms with Gasteiger partial charge in [0.05, 0.1) is 0 Å². The standard InChI is InChI=1S/C20H32BrN3O2/c1-3-22-20(24(2)15-17-5-7-19(21)8-6-17)23-11-4-12-26-16-18-9-13-25-14-10-18/h5-8,18H,3-4,9-16H2,1-2H3,(H,22,23). The molecule has 1 aliphatic rings. The van der Waals surface area contributed by atoms with Crippen LogP contribution in [0.25, 0.3) is 0 Å². The molecule has 0 aromatic heterocycles. The Morgan fingerprint density at radius 3 is 2.73 bits per heavy atom. The largest absolute Gasteiger partial charge is 0.381 e. The molecule has 0 radical (unpaired) electrons. The van der Waals surface area contributed by atoms with E-state index >= 15 is 0 Å². The van der Waals surface area contributed by atoms with Crippen LogP contribution in [0.1, 0.15) is 31.7 Å². The highest BCUT2D eigenvalue weighted by Crippen LogP contribution is 2.15. The summed E-state index contributed by atoms with van der Waals surface area (Å²) in [5, 5.41) is 3.37. The second kappa shape index (κ2) is 12.3. The van der Waals surface area contributed by atoms with E-state index in [0.717, 1.165) is 75.8 Å². The van der Waals surface area contributed by atoms with Crippen molar-refractivity contribution in [3.8, 4) is 0 Å². The molecule has 6 heteroatoms. The van der Waals surface area contributed by atoms with Gasteiger partial charge in [-0.3, -0.25) is 4.99 Å². The number of halogens is 1. The third kappa shape index (κ3) is 8.06. The average molecular weight is 426 g/mol. The zero-order chi connectivity index (χ0) is 18.6. The summed E-state index contributed by atoms with van der Waals surface area (Å²) in [5.74, 6) is 1.61. The number of aliphatic imine (C=N–C) groups is 1. The SMILES string of the molecule is CCNC(=NCCCOCC1CCOCC1)N(C)Cc1ccc(Br)cc1. The van der Waals surface area contributed by atoms with Crippen LogP contribution in [0.15, 0.2) is 33.7 Å². The molecule has 0 unspecified atom stereocenters. The predicted octanol–water partition coefficient (Wildman–Crippen LogP) is 3.68. The molecule has 1 aromatic rings. The van der Waals surface area contributed by atoms with Crippen molar-refractivity contribution >= 4 is 21.9 Å². The Hall–Kier alpha value is -1.11. The molecule has 5 nitrogen and oxygen atoms in total. The van der Waals surface area contributed by atoms with Crippen LogP contribution in [0.5, 0.6) is 0 Å². The highest BCUT2D eigenvalue weighted by Gasteiger charge is 2.13. The van der Waals surface area contributed by atoms with Gasteiger partial charge >= 0.3 is 0 Å². The number of hydrogen-bond donors (Lipinski definition) is 1. The Balaban J connectivity index is 1.69. The molecule has 1 saturated heterocycles. The normalized spacial score (nSPS) is 15.9. The van der Waals surface area contributed by atoms with E-state index in [4.69, 9.17) is 14.5 Å². The molecule has 146 valence electrons. The molecule has 1 heterocycles. The highest BCUT2D eigenvalue weighted by molar-refractivity contribution is 9.10. The van der Waals surface area contributed by atoms with Gasteiger partial charge in [-0.05, 0) is 49.8 Å². The van der Waals surface area contributed by atoms with E-state index in [2.05, 4.69) is 64.4 Å². The Morgan fingerprint density at radius 2 is 2.04 bits per heavy atom. The van der Waals surface area contributed by atoms with Crippen molar-refractivity contribution < 1.29 is 9.47 Å². The Morgan fingerprint density at radius 1 is 1.31 bits per heavy atom. The fourth-order valence-electron chi connectivity index (χ4n) is 2.92. The fourth-order valence-corrected chi connectivity index (χ4v) is 3.19.